The molecule has 4 rings (SSSR count). The Morgan fingerprint density at radius 3 is 2.90 bits per heavy atom. The number of hydrazine groups is 1. The van der Waals surface area contributed by atoms with Crippen molar-refractivity contribution in [1.82, 2.24) is 25.9 Å². The van der Waals surface area contributed by atoms with E-state index in [2.05, 4.69) is 21.3 Å². The van der Waals surface area contributed by atoms with E-state index in [1.54, 1.807) is 6.07 Å². The van der Waals surface area contributed by atoms with Crippen molar-refractivity contribution in [3.05, 3.63) is 53.1 Å². The Hall–Kier alpha value is -2.90. The summed E-state index contributed by atoms with van der Waals surface area (Å²) in [7, 11) is 0. The van der Waals surface area contributed by atoms with Crippen LogP contribution in [0.15, 0.2) is 30.6 Å². The fourth-order valence-electron chi connectivity index (χ4n) is 4.20. The molecule has 2 fully saturated rings. The number of alkyl halides is 2. The highest BCUT2D eigenvalue weighted by molar-refractivity contribution is 5.95. The van der Waals surface area contributed by atoms with E-state index in [1.807, 2.05) is 0 Å². The van der Waals surface area contributed by atoms with Crippen LogP contribution < -0.4 is 16.2 Å². The fourth-order valence-corrected chi connectivity index (χ4v) is 4.20. The second-order valence-corrected chi connectivity index (χ2v) is 7.33. The largest absolute Gasteiger partial charge is 0.349 e. The van der Waals surface area contributed by atoms with Crippen LogP contribution in [0, 0.1) is 23.1 Å². The Kier molecular flexibility index (Phi) is 5.25. The highest BCUT2D eigenvalue weighted by Crippen LogP contribution is 2.38. The van der Waals surface area contributed by atoms with E-state index in [-0.39, 0.29) is 35.2 Å². The Bertz CT molecular complexity index is 956. The zero-order valence-electron chi connectivity index (χ0n) is 15.3. The normalized spacial score (nSPS) is 26.2. The van der Waals surface area contributed by atoms with Gasteiger partial charge in [-0.1, -0.05) is 6.07 Å². The summed E-state index contributed by atoms with van der Waals surface area (Å²) < 4.78 is 40.5. The third kappa shape index (κ3) is 3.71. The number of carbonyl (C=O) groups excluding carboxylic acids is 1. The van der Waals surface area contributed by atoms with Crippen LogP contribution in [0.5, 0.6) is 0 Å². The van der Waals surface area contributed by atoms with Crippen LogP contribution in [0.3, 0.4) is 0 Å². The molecule has 2 aliphatic rings. The standard InChI is InChI=1S/C19H19F3N6O/c20-16-10(7-23)2-1-3-13(16)18(29)25-12-4-5-15-14(6-12)17(27-26-15)11-8-24-28(9-11)19(21)22/h1-3,8-9,12,14-15,17,19,26-27H,4-6H2,(H,25,29). The lowest BCUT2D eigenvalue weighted by atomic mass is 9.77. The molecular formula is C19H19F3N6O. The molecule has 7 nitrogen and oxygen atoms in total. The second-order valence-electron chi connectivity index (χ2n) is 7.33. The number of amides is 1. The van der Waals surface area contributed by atoms with E-state index in [9.17, 15) is 18.0 Å². The van der Waals surface area contributed by atoms with Crippen LogP contribution >= 0.6 is 0 Å². The Labute approximate surface area is 164 Å². The molecule has 1 saturated heterocycles. The molecule has 3 N–H and O–H groups in total. The summed E-state index contributed by atoms with van der Waals surface area (Å²) in [4.78, 5) is 12.5. The number of hydrogen-bond donors (Lipinski definition) is 3. The summed E-state index contributed by atoms with van der Waals surface area (Å²) in [5, 5.41) is 15.5. The molecule has 0 bridgehead atoms. The van der Waals surface area contributed by atoms with Crippen molar-refractivity contribution in [1.29, 1.82) is 5.26 Å². The molecule has 4 unspecified atom stereocenters. The van der Waals surface area contributed by atoms with Crippen molar-refractivity contribution in [3.8, 4) is 6.07 Å². The number of fused-ring (bicyclic) bond motifs is 1. The van der Waals surface area contributed by atoms with Gasteiger partial charge in [0, 0.05) is 23.8 Å². The summed E-state index contributed by atoms with van der Waals surface area (Å²) in [5.41, 5.74) is 6.63. The number of carbonyl (C=O) groups is 1. The first kappa shape index (κ1) is 19.4. The molecule has 2 heterocycles. The lowest BCUT2D eigenvalue weighted by molar-refractivity contribution is 0.0564. The van der Waals surface area contributed by atoms with Gasteiger partial charge < -0.3 is 5.32 Å². The zero-order chi connectivity index (χ0) is 20.5. The van der Waals surface area contributed by atoms with Gasteiger partial charge in [-0.3, -0.25) is 10.2 Å². The van der Waals surface area contributed by atoms with Gasteiger partial charge in [-0.05, 0) is 37.3 Å². The van der Waals surface area contributed by atoms with Crippen molar-refractivity contribution in [2.45, 2.75) is 43.9 Å². The highest BCUT2D eigenvalue weighted by atomic mass is 19.3. The molecular weight excluding hydrogens is 385 g/mol. The van der Waals surface area contributed by atoms with Gasteiger partial charge in [-0.15, -0.1) is 0 Å². The molecule has 0 spiro atoms. The molecule has 2 aromatic rings. The monoisotopic (exact) mass is 404 g/mol. The van der Waals surface area contributed by atoms with E-state index in [0.29, 0.717) is 23.1 Å². The van der Waals surface area contributed by atoms with Gasteiger partial charge in [-0.25, -0.2) is 14.5 Å². The van der Waals surface area contributed by atoms with Crippen LogP contribution in [0.1, 0.15) is 53.3 Å². The lowest BCUT2D eigenvalue weighted by Crippen LogP contribution is -2.44. The molecule has 1 saturated carbocycles. The molecule has 1 amide bonds. The first-order chi connectivity index (χ1) is 14.0. The predicted octanol–water partition coefficient (Wildman–Crippen LogP) is 2.41. The molecule has 4 atom stereocenters. The van der Waals surface area contributed by atoms with Crippen molar-refractivity contribution in [3.63, 3.8) is 0 Å². The Morgan fingerprint density at radius 1 is 1.34 bits per heavy atom. The van der Waals surface area contributed by atoms with Crippen LogP contribution in [0.4, 0.5) is 13.2 Å². The van der Waals surface area contributed by atoms with Crippen molar-refractivity contribution in [2.24, 2.45) is 5.92 Å². The smallest absolute Gasteiger partial charge is 0.333 e. The van der Waals surface area contributed by atoms with E-state index in [1.165, 1.54) is 30.6 Å². The summed E-state index contributed by atoms with van der Waals surface area (Å²) >= 11 is 0. The van der Waals surface area contributed by atoms with Crippen LogP contribution in [0.25, 0.3) is 0 Å². The van der Waals surface area contributed by atoms with Gasteiger partial charge in [0.05, 0.1) is 23.4 Å². The number of nitrogens with one attached hydrogen (secondary N) is 3. The van der Waals surface area contributed by atoms with Crippen molar-refractivity contribution < 1.29 is 18.0 Å². The zero-order valence-corrected chi connectivity index (χ0v) is 15.3. The van der Waals surface area contributed by atoms with Gasteiger partial charge in [-0.2, -0.15) is 19.1 Å². The van der Waals surface area contributed by atoms with Gasteiger partial charge in [0.15, 0.2) is 5.82 Å². The predicted molar refractivity (Wildman–Crippen MR) is 96.0 cm³/mol. The van der Waals surface area contributed by atoms with Crippen molar-refractivity contribution >= 4 is 5.91 Å². The minimum atomic E-state index is -2.70. The van der Waals surface area contributed by atoms with E-state index >= 15 is 0 Å². The number of halogens is 3. The molecule has 152 valence electrons. The summed E-state index contributed by atoms with van der Waals surface area (Å²) in [5.74, 6) is -1.34. The van der Waals surface area contributed by atoms with Crippen LogP contribution in [0.2, 0.25) is 0 Å². The average Bonchev–Trinajstić information content (AvgIpc) is 3.34. The first-order valence-corrected chi connectivity index (χ1v) is 9.30. The molecule has 1 aromatic carbocycles. The quantitative estimate of drug-likeness (QED) is 0.728. The number of rotatable bonds is 4. The maximum atomic E-state index is 14.3. The van der Waals surface area contributed by atoms with Crippen LogP contribution in [-0.4, -0.2) is 27.8 Å². The Morgan fingerprint density at radius 2 is 2.17 bits per heavy atom. The number of hydrogen-bond acceptors (Lipinski definition) is 5. The maximum absolute atomic E-state index is 14.3. The van der Waals surface area contributed by atoms with E-state index in [0.717, 1.165) is 6.42 Å². The van der Waals surface area contributed by atoms with Gasteiger partial charge in [0.1, 0.15) is 6.07 Å². The van der Waals surface area contributed by atoms with Gasteiger partial charge in [0.25, 0.3) is 5.91 Å². The van der Waals surface area contributed by atoms with Crippen LogP contribution in [-0.2, 0) is 0 Å². The van der Waals surface area contributed by atoms with E-state index in [4.69, 9.17) is 5.26 Å². The average molecular weight is 404 g/mol. The summed E-state index contributed by atoms with van der Waals surface area (Å²) in [6.45, 7) is -2.70. The summed E-state index contributed by atoms with van der Waals surface area (Å²) in [6, 6.07) is 5.59. The minimum absolute atomic E-state index is 0.0552. The Balaban J connectivity index is 1.46. The number of benzene rings is 1. The van der Waals surface area contributed by atoms with Gasteiger partial charge >= 0.3 is 6.55 Å². The minimum Gasteiger partial charge on any atom is -0.349 e. The lowest BCUT2D eigenvalue weighted by Gasteiger charge is -2.33. The number of nitrogens with zero attached hydrogens (tertiary/aromatic N) is 3. The highest BCUT2D eigenvalue weighted by Gasteiger charge is 2.42. The molecule has 0 radical (unpaired) electrons. The fraction of sp³-hybridized carbons (Fsp3) is 0.421. The van der Waals surface area contributed by atoms with Crippen molar-refractivity contribution in [2.75, 3.05) is 0 Å². The molecule has 29 heavy (non-hydrogen) atoms. The van der Waals surface area contributed by atoms with Gasteiger partial charge in [0.2, 0.25) is 0 Å². The molecule has 1 aliphatic heterocycles. The van der Waals surface area contributed by atoms with E-state index < -0.39 is 18.3 Å². The summed E-state index contributed by atoms with van der Waals surface area (Å²) in [6.07, 6.45) is 4.80. The number of aromatic nitrogens is 2. The maximum Gasteiger partial charge on any atom is 0.333 e. The first-order valence-electron chi connectivity index (χ1n) is 9.30. The topological polar surface area (TPSA) is 94.8 Å². The third-order valence-electron chi connectivity index (χ3n) is 5.63. The number of nitriles is 1. The molecule has 10 heteroatoms. The molecule has 1 aromatic heterocycles. The third-order valence-corrected chi connectivity index (χ3v) is 5.63. The molecule has 1 aliphatic carbocycles. The second kappa shape index (κ2) is 7.85. The SMILES string of the molecule is N#Cc1cccc(C(=O)NC2CCC3NNC(c4cnn(C(F)F)c4)C3C2)c1F.